The highest BCUT2D eigenvalue weighted by Gasteiger charge is 2.06. The number of aliphatic imine (C=N–C) groups is 1. The van der Waals surface area contributed by atoms with E-state index in [9.17, 15) is 4.79 Å². The van der Waals surface area contributed by atoms with Crippen molar-refractivity contribution in [3.63, 3.8) is 0 Å². The Morgan fingerprint density at radius 2 is 1.36 bits per heavy atom. The molecule has 0 bridgehead atoms. The number of ether oxygens (including phenoxy) is 1. The molecule has 3 aromatic rings. The molecule has 0 atom stereocenters. The van der Waals surface area contributed by atoms with Crippen molar-refractivity contribution in [1.29, 1.82) is 0 Å². The fraction of sp³-hybridized carbons (Fsp3) is 0.0476. The normalized spacial score (nSPS) is 11.0. The van der Waals surface area contributed by atoms with Gasteiger partial charge >= 0.3 is 0 Å². The topological polar surface area (TPSA) is 50.7 Å². The molecule has 0 radical (unpaired) electrons. The first-order valence-electron chi connectivity index (χ1n) is 7.91. The van der Waals surface area contributed by atoms with E-state index in [0.717, 1.165) is 11.3 Å². The van der Waals surface area contributed by atoms with Crippen LogP contribution in [0.4, 0.5) is 11.4 Å². The second-order valence-electron chi connectivity index (χ2n) is 5.35. The Morgan fingerprint density at radius 3 is 1.92 bits per heavy atom. The van der Waals surface area contributed by atoms with E-state index in [0.29, 0.717) is 17.1 Å². The molecule has 0 spiro atoms. The number of amides is 1. The van der Waals surface area contributed by atoms with E-state index >= 15 is 0 Å². The summed E-state index contributed by atoms with van der Waals surface area (Å²) in [6, 6.07) is 26.1. The maximum absolute atomic E-state index is 12.1. The van der Waals surface area contributed by atoms with E-state index in [1.807, 2.05) is 72.8 Å². The Morgan fingerprint density at radius 1 is 0.800 bits per heavy atom. The van der Waals surface area contributed by atoms with Crippen LogP contribution in [0, 0.1) is 0 Å². The number of nitrogens with one attached hydrogen (secondary N) is 1. The Labute approximate surface area is 146 Å². The summed E-state index contributed by atoms with van der Waals surface area (Å²) in [7, 11) is 1.60. The maximum Gasteiger partial charge on any atom is 0.255 e. The molecule has 0 unspecified atom stereocenters. The lowest BCUT2D eigenvalue weighted by molar-refractivity contribution is 0.102. The summed E-state index contributed by atoms with van der Waals surface area (Å²) < 4.78 is 5.37. The van der Waals surface area contributed by atoms with Crippen LogP contribution in [0.2, 0.25) is 0 Å². The SMILES string of the molecule is CO/C(=N\c1ccc(NC(=O)c2ccccc2)cc1)c1ccccc1. The second-order valence-corrected chi connectivity index (χ2v) is 5.35. The number of carbonyl (C=O) groups is 1. The third-order valence-electron chi connectivity index (χ3n) is 3.61. The van der Waals surface area contributed by atoms with E-state index in [-0.39, 0.29) is 5.91 Å². The molecule has 0 saturated heterocycles. The van der Waals surface area contributed by atoms with Gasteiger partial charge in [0.25, 0.3) is 5.91 Å². The molecule has 0 aromatic heterocycles. The van der Waals surface area contributed by atoms with Crippen molar-refractivity contribution in [1.82, 2.24) is 0 Å². The number of nitrogens with zero attached hydrogens (tertiary/aromatic N) is 1. The predicted molar refractivity (Wildman–Crippen MR) is 100 cm³/mol. The Hall–Kier alpha value is -3.40. The zero-order chi connectivity index (χ0) is 17.5. The molecule has 0 saturated carbocycles. The van der Waals surface area contributed by atoms with E-state index < -0.39 is 0 Å². The van der Waals surface area contributed by atoms with Gasteiger partial charge in [-0.3, -0.25) is 4.79 Å². The maximum atomic E-state index is 12.1. The summed E-state index contributed by atoms with van der Waals surface area (Å²) in [5.41, 5.74) is 2.99. The molecule has 25 heavy (non-hydrogen) atoms. The van der Waals surface area contributed by atoms with E-state index in [4.69, 9.17) is 4.74 Å². The lowest BCUT2D eigenvalue weighted by Gasteiger charge is -2.07. The van der Waals surface area contributed by atoms with Gasteiger partial charge in [-0.1, -0.05) is 36.4 Å². The van der Waals surface area contributed by atoms with E-state index in [1.54, 1.807) is 19.2 Å². The van der Waals surface area contributed by atoms with Gasteiger partial charge in [-0.05, 0) is 48.5 Å². The molecule has 0 aliphatic carbocycles. The van der Waals surface area contributed by atoms with Crippen LogP contribution in [-0.4, -0.2) is 18.9 Å². The highest BCUT2D eigenvalue weighted by Crippen LogP contribution is 2.19. The van der Waals surface area contributed by atoms with Crippen LogP contribution >= 0.6 is 0 Å². The summed E-state index contributed by atoms with van der Waals surface area (Å²) in [6.07, 6.45) is 0. The Bertz CT molecular complexity index is 857. The Kier molecular flexibility index (Phi) is 5.22. The number of hydrogen-bond donors (Lipinski definition) is 1. The van der Waals surface area contributed by atoms with Crippen molar-refractivity contribution >= 4 is 23.2 Å². The minimum Gasteiger partial charge on any atom is -0.481 e. The van der Waals surface area contributed by atoms with Crippen molar-refractivity contribution in [3.8, 4) is 0 Å². The van der Waals surface area contributed by atoms with Gasteiger partial charge in [-0.2, -0.15) is 0 Å². The summed E-state index contributed by atoms with van der Waals surface area (Å²) in [6.45, 7) is 0. The molecule has 4 heteroatoms. The average molecular weight is 330 g/mol. The van der Waals surface area contributed by atoms with Crippen LogP contribution in [0.3, 0.4) is 0 Å². The molecule has 4 nitrogen and oxygen atoms in total. The zero-order valence-electron chi connectivity index (χ0n) is 13.8. The van der Waals surface area contributed by atoms with Crippen LogP contribution in [0.15, 0.2) is 89.9 Å². The first kappa shape index (κ1) is 16.5. The number of benzene rings is 3. The van der Waals surface area contributed by atoms with Crippen LogP contribution in [0.5, 0.6) is 0 Å². The molecular formula is C21H18N2O2. The van der Waals surface area contributed by atoms with Gasteiger partial charge in [-0.15, -0.1) is 0 Å². The van der Waals surface area contributed by atoms with Gasteiger partial charge in [0.15, 0.2) is 0 Å². The fourth-order valence-electron chi connectivity index (χ4n) is 2.34. The molecule has 1 amide bonds. The van der Waals surface area contributed by atoms with Crippen molar-refractivity contribution in [2.24, 2.45) is 4.99 Å². The van der Waals surface area contributed by atoms with Crippen LogP contribution < -0.4 is 5.32 Å². The standard InChI is InChI=1S/C21H18N2O2/c1-25-21(17-10-6-3-7-11-17)23-19-14-12-18(13-15-19)22-20(24)16-8-4-2-5-9-16/h2-15H,1H3,(H,22,24)/b23-21-. The van der Waals surface area contributed by atoms with Crippen LogP contribution in [0.25, 0.3) is 0 Å². The minimum atomic E-state index is -0.140. The first-order valence-corrected chi connectivity index (χ1v) is 7.91. The second kappa shape index (κ2) is 7.93. The number of rotatable bonds is 4. The quantitative estimate of drug-likeness (QED) is 0.558. The molecule has 0 aliphatic rings. The molecule has 0 fully saturated rings. The minimum absolute atomic E-state index is 0.140. The van der Waals surface area contributed by atoms with Crippen LogP contribution in [-0.2, 0) is 4.74 Å². The van der Waals surface area contributed by atoms with Crippen molar-refractivity contribution in [2.75, 3.05) is 12.4 Å². The summed E-state index contributed by atoms with van der Waals surface area (Å²) in [5, 5.41) is 2.87. The smallest absolute Gasteiger partial charge is 0.255 e. The summed E-state index contributed by atoms with van der Waals surface area (Å²) in [4.78, 5) is 16.7. The fourth-order valence-corrected chi connectivity index (χ4v) is 2.34. The van der Waals surface area contributed by atoms with Gasteiger partial charge in [0.2, 0.25) is 5.90 Å². The van der Waals surface area contributed by atoms with Gasteiger partial charge < -0.3 is 10.1 Å². The highest BCUT2D eigenvalue weighted by molar-refractivity contribution is 6.04. The highest BCUT2D eigenvalue weighted by atomic mass is 16.5. The molecule has 0 heterocycles. The number of methoxy groups -OCH3 is 1. The average Bonchev–Trinajstić information content (AvgIpc) is 2.68. The van der Waals surface area contributed by atoms with Gasteiger partial charge in [-0.25, -0.2) is 4.99 Å². The van der Waals surface area contributed by atoms with Gasteiger partial charge in [0.1, 0.15) is 0 Å². The molecule has 3 aromatic carbocycles. The molecule has 0 aliphatic heterocycles. The van der Waals surface area contributed by atoms with Crippen LogP contribution in [0.1, 0.15) is 15.9 Å². The third kappa shape index (κ3) is 4.32. The first-order chi connectivity index (χ1) is 12.3. The zero-order valence-corrected chi connectivity index (χ0v) is 13.8. The summed E-state index contributed by atoms with van der Waals surface area (Å²) >= 11 is 0. The third-order valence-corrected chi connectivity index (χ3v) is 3.61. The molecule has 124 valence electrons. The number of carbonyl (C=O) groups excluding carboxylic acids is 1. The lowest BCUT2D eigenvalue weighted by Crippen LogP contribution is -2.11. The monoisotopic (exact) mass is 330 g/mol. The molecule has 1 N–H and O–H groups in total. The van der Waals surface area contributed by atoms with Crippen molar-refractivity contribution < 1.29 is 9.53 Å². The molecular weight excluding hydrogens is 312 g/mol. The number of hydrogen-bond acceptors (Lipinski definition) is 3. The van der Waals surface area contributed by atoms with Gasteiger partial charge in [0.05, 0.1) is 12.8 Å². The molecule has 3 rings (SSSR count). The largest absolute Gasteiger partial charge is 0.481 e. The van der Waals surface area contributed by atoms with Crippen molar-refractivity contribution in [2.45, 2.75) is 0 Å². The Balaban J connectivity index is 1.74. The van der Waals surface area contributed by atoms with Crippen molar-refractivity contribution in [3.05, 3.63) is 96.1 Å². The number of anilines is 1. The van der Waals surface area contributed by atoms with E-state index in [2.05, 4.69) is 10.3 Å². The van der Waals surface area contributed by atoms with Gasteiger partial charge in [0, 0.05) is 16.8 Å². The summed E-state index contributed by atoms with van der Waals surface area (Å²) in [5.74, 6) is 0.403. The van der Waals surface area contributed by atoms with E-state index in [1.165, 1.54) is 0 Å². The lowest BCUT2D eigenvalue weighted by atomic mass is 10.2. The predicted octanol–water partition coefficient (Wildman–Crippen LogP) is 4.66.